The fourth-order valence-electron chi connectivity index (χ4n) is 2.03. The lowest BCUT2D eigenvalue weighted by Crippen LogP contribution is -1.91. The smallest absolute Gasteiger partial charge is 0.122 e. The Bertz CT molecular complexity index is 478. The van der Waals surface area contributed by atoms with Crippen molar-refractivity contribution in [3.63, 3.8) is 0 Å². The lowest BCUT2D eigenvalue weighted by Gasteiger charge is -2.10. The molecule has 0 aromatic heterocycles. The van der Waals surface area contributed by atoms with Crippen LogP contribution < -0.4 is 9.47 Å². The predicted octanol–water partition coefficient (Wildman–Crippen LogP) is 4.08. The first kappa shape index (κ1) is 13.9. The number of hydrogen-bond donors (Lipinski definition) is 0. The zero-order chi connectivity index (χ0) is 13.5. The number of benzene rings is 2. The minimum absolute atomic E-state index is 0.826. The summed E-state index contributed by atoms with van der Waals surface area (Å²) in [5.41, 5.74) is 2.55. The van der Waals surface area contributed by atoms with Crippen LogP contribution in [0.15, 0.2) is 48.5 Å². The lowest BCUT2D eigenvalue weighted by atomic mass is 10.2. The minimum atomic E-state index is 0.826. The molecule has 0 amide bonds. The average Bonchev–Trinajstić information content (AvgIpc) is 2.48. The van der Waals surface area contributed by atoms with Crippen molar-refractivity contribution in [1.29, 1.82) is 0 Å². The topological polar surface area (TPSA) is 18.5 Å². The van der Waals surface area contributed by atoms with Crippen molar-refractivity contribution < 1.29 is 9.47 Å². The molecule has 0 heterocycles. The molecule has 100 valence electrons. The molecule has 0 saturated carbocycles. The molecule has 0 aliphatic heterocycles. The zero-order valence-electron chi connectivity index (χ0n) is 11.3. The van der Waals surface area contributed by atoms with E-state index in [9.17, 15) is 0 Å². The van der Waals surface area contributed by atoms with Crippen molar-refractivity contribution in [1.82, 2.24) is 0 Å². The third-order valence-electron chi connectivity index (χ3n) is 3.02. The van der Waals surface area contributed by atoms with Gasteiger partial charge in [0.25, 0.3) is 0 Å². The lowest BCUT2D eigenvalue weighted by molar-refractivity contribution is 0.411. The van der Waals surface area contributed by atoms with Crippen LogP contribution in [0.25, 0.3) is 0 Å². The van der Waals surface area contributed by atoms with Crippen molar-refractivity contribution >= 4 is 8.58 Å². The Hall–Kier alpha value is -1.53. The van der Waals surface area contributed by atoms with Gasteiger partial charge in [-0.2, -0.15) is 0 Å². The number of hydrogen-bond acceptors (Lipinski definition) is 2. The van der Waals surface area contributed by atoms with Crippen LogP contribution in [0.4, 0.5) is 0 Å². The molecule has 0 spiro atoms. The first-order chi connectivity index (χ1) is 9.35. The highest BCUT2D eigenvalue weighted by atomic mass is 31.1. The zero-order valence-corrected chi connectivity index (χ0v) is 12.3. The van der Waals surface area contributed by atoms with E-state index in [2.05, 4.69) is 24.3 Å². The van der Waals surface area contributed by atoms with E-state index < -0.39 is 0 Å². The van der Waals surface area contributed by atoms with Gasteiger partial charge in [-0.05, 0) is 35.6 Å². The van der Waals surface area contributed by atoms with Gasteiger partial charge in [-0.25, -0.2) is 0 Å². The normalized spacial score (nSPS) is 10.2. The minimum Gasteiger partial charge on any atom is -0.496 e. The summed E-state index contributed by atoms with van der Waals surface area (Å²) in [6.45, 7) is 0. The molecule has 0 radical (unpaired) electrons. The summed E-state index contributed by atoms with van der Waals surface area (Å²) >= 11 is 0. The van der Waals surface area contributed by atoms with Crippen LogP contribution in [0, 0.1) is 0 Å². The molecule has 0 unspecified atom stereocenters. The Kier molecular flexibility index (Phi) is 5.23. The van der Waals surface area contributed by atoms with E-state index in [4.69, 9.17) is 9.47 Å². The maximum Gasteiger partial charge on any atom is 0.122 e. The highest BCUT2D eigenvalue weighted by molar-refractivity contribution is 7.36. The van der Waals surface area contributed by atoms with E-state index in [1.54, 1.807) is 14.2 Å². The summed E-state index contributed by atoms with van der Waals surface area (Å²) in [6, 6.07) is 16.4. The maximum atomic E-state index is 5.37. The number of ether oxygens (including phenoxy) is 2. The molecule has 2 aromatic rings. The predicted molar refractivity (Wildman–Crippen MR) is 81.7 cm³/mol. The SMILES string of the molecule is COc1ccccc1CPCc1ccccc1OC. The maximum absolute atomic E-state index is 5.37. The van der Waals surface area contributed by atoms with Crippen LogP contribution in [0.2, 0.25) is 0 Å². The Morgan fingerprint density at radius 1 is 0.737 bits per heavy atom. The monoisotopic (exact) mass is 274 g/mol. The molecule has 0 bridgehead atoms. The first-order valence-corrected chi connectivity index (χ1v) is 7.71. The van der Waals surface area contributed by atoms with E-state index in [-0.39, 0.29) is 0 Å². The molecule has 2 nitrogen and oxygen atoms in total. The third kappa shape index (κ3) is 3.71. The third-order valence-corrected chi connectivity index (χ3v) is 4.28. The molecule has 0 fully saturated rings. The van der Waals surface area contributed by atoms with E-state index >= 15 is 0 Å². The highest BCUT2D eigenvalue weighted by Crippen LogP contribution is 2.31. The van der Waals surface area contributed by atoms with Gasteiger partial charge in [0, 0.05) is 0 Å². The molecule has 0 N–H and O–H groups in total. The van der Waals surface area contributed by atoms with Crippen LogP contribution in [0.1, 0.15) is 11.1 Å². The molecule has 0 aliphatic carbocycles. The van der Waals surface area contributed by atoms with Crippen LogP contribution in [-0.4, -0.2) is 14.2 Å². The Labute approximate surface area is 116 Å². The Balaban J connectivity index is 1.96. The Morgan fingerprint density at radius 2 is 1.16 bits per heavy atom. The molecule has 0 saturated heterocycles. The summed E-state index contributed by atoms with van der Waals surface area (Å²) in [7, 11) is 4.27. The largest absolute Gasteiger partial charge is 0.496 e. The van der Waals surface area contributed by atoms with Gasteiger partial charge < -0.3 is 9.47 Å². The summed E-state index contributed by atoms with van der Waals surface area (Å²) in [4.78, 5) is 0. The van der Waals surface area contributed by atoms with Crippen LogP contribution >= 0.6 is 8.58 Å². The number of para-hydroxylation sites is 2. The van der Waals surface area contributed by atoms with Gasteiger partial charge in [0.2, 0.25) is 0 Å². The van der Waals surface area contributed by atoms with Gasteiger partial charge >= 0.3 is 0 Å². The van der Waals surface area contributed by atoms with Crippen molar-refractivity contribution in [3.8, 4) is 11.5 Å². The van der Waals surface area contributed by atoms with Crippen molar-refractivity contribution in [2.24, 2.45) is 0 Å². The molecule has 2 aromatic carbocycles. The first-order valence-electron chi connectivity index (χ1n) is 6.29. The van der Waals surface area contributed by atoms with Gasteiger partial charge in [-0.15, -0.1) is 8.58 Å². The second-order valence-corrected chi connectivity index (χ2v) is 5.43. The average molecular weight is 274 g/mol. The van der Waals surface area contributed by atoms with Gasteiger partial charge in [0.15, 0.2) is 0 Å². The van der Waals surface area contributed by atoms with E-state index in [1.165, 1.54) is 11.1 Å². The molecule has 0 atom stereocenters. The van der Waals surface area contributed by atoms with Gasteiger partial charge in [-0.1, -0.05) is 36.4 Å². The van der Waals surface area contributed by atoms with Crippen molar-refractivity contribution in [2.75, 3.05) is 14.2 Å². The molecule has 3 heteroatoms. The van der Waals surface area contributed by atoms with Crippen molar-refractivity contribution in [3.05, 3.63) is 59.7 Å². The summed E-state index contributed by atoms with van der Waals surface area (Å²) < 4.78 is 10.7. The van der Waals surface area contributed by atoms with Gasteiger partial charge in [-0.3, -0.25) is 0 Å². The molecular formula is C16H19O2P. The van der Waals surface area contributed by atoms with Crippen LogP contribution in [0.3, 0.4) is 0 Å². The second kappa shape index (κ2) is 7.16. The summed E-state index contributed by atoms with van der Waals surface area (Å²) in [5.74, 6) is 1.96. The molecule has 0 aliphatic rings. The van der Waals surface area contributed by atoms with Crippen molar-refractivity contribution in [2.45, 2.75) is 12.3 Å². The Morgan fingerprint density at radius 3 is 1.58 bits per heavy atom. The fraction of sp³-hybridized carbons (Fsp3) is 0.250. The summed E-state index contributed by atoms with van der Waals surface area (Å²) in [5, 5.41) is 0. The number of methoxy groups -OCH3 is 2. The molecular weight excluding hydrogens is 255 g/mol. The van der Waals surface area contributed by atoms with E-state index in [0.717, 1.165) is 32.4 Å². The van der Waals surface area contributed by atoms with Crippen LogP contribution in [-0.2, 0) is 12.3 Å². The number of rotatable bonds is 6. The van der Waals surface area contributed by atoms with Gasteiger partial charge in [0.1, 0.15) is 11.5 Å². The highest BCUT2D eigenvalue weighted by Gasteiger charge is 2.04. The second-order valence-electron chi connectivity index (χ2n) is 4.23. The van der Waals surface area contributed by atoms with Gasteiger partial charge in [0.05, 0.1) is 14.2 Å². The fourth-order valence-corrected chi connectivity index (χ4v) is 3.28. The van der Waals surface area contributed by atoms with Crippen LogP contribution in [0.5, 0.6) is 11.5 Å². The summed E-state index contributed by atoms with van der Waals surface area (Å²) in [6.07, 6.45) is 2.09. The quantitative estimate of drug-likeness (QED) is 0.739. The van der Waals surface area contributed by atoms with E-state index in [0.29, 0.717) is 0 Å². The standard InChI is InChI=1S/C16H19O2P/c1-17-15-9-5-3-7-13(15)11-19-12-14-8-4-6-10-16(14)18-2/h3-10,19H,11-12H2,1-2H3. The molecule has 2 rings (SSSR count). The molecule has 19 heavy (non-hydrogen) atoms. The van der Waals surface area contributed by atoms with E-state index in [1.807, 2.05) is 24.3 Å².